The number of anilines is 1. The first-order valence-electron chi connectivity index (χ1n) is 11.2. The normalized spacial score (nSPS) is 12.2. The number of hydrogen-bond acceptors (Lipinski definition) is 4. The average Bonchev–Trinajstić information content (AvgIpc) is 2.80. The second kappa shape index (κ2) is 13.1. The van der Waals surface area contributed by atoms with Gasteiger partial charge in [-0.2, -0.15) is 0 Å². The highest BCUT2D eigenvalue weighted by Gasteiger charge is 2.26. The lowest BCUT2D eigenvalue weighted by atomic mass is 10.1. The third kappa shape index (κ3) is 8.66. The molecule has 7 nitrogen and oxygen atoms in total. The van der Waals surface area contributed by atoms with Crippen molar-refractivity contribution in [2.24, 2.45) is 0 Å². The van der Waals surface area contributed by atoms with Gasteiger partial charge in [0.1, 0.15) is 11.9 Å². The molecule has 0 unspecified atom stereocenters. The quantitative estimate of drug-likeness (QED) is 0.421. The maximum absolute atomic E-state index is 13.3. The van der Waals surface area contributed by atoms with Gasteiger partial charge in [0.15, 0.2) is 0 Å². The molecule has 35 heavy (non-hydrogen) atoms. The molecule has 0 aliphatic heterocycles. The first-order chi connectivity index (χ1) is 16.4. The van der Waals surface area contributed by atoms with Crippen molar-refractivity contribution in [2.45, 2.75) is 45.7 Å². The Balaban J connectivity index is 2.17. The Morgan fingerprint density at radius 2 is 1.74 bits per heavy atom. The lowest BCUT2D eigenvalue weighted by Crippen LogP contribution is -2.47. The van der Waals surface area contributed by atoms with Crippen LogP contribution in [0.4, 0.5) is 10.1 Å². The molecule has 0 aliphatic carbocycles. The van der Waals surface area contributed by atoms with Crippen molar-refractivity contribution in [1.29, 1.82) is 0 Å². The molecule has 11 heteroatoms. The van der Waals surface area contributed by atoms with Crippen LogP contribution in [0.15, 0.2) is 42.5 Å². The highest BCUT2D eigenvalue weighted by atomic mass is 35.5. The number of benzene rings is 2. The van der Waals surface area contributed by atoms with E-state index >= 15 is 0 Å². The number of nitrogens with one attached hydrogen (secondary N) is 1. The van der Waals surface area contributed by atoms with Gasteiger partial charge in [-0.25, -0.2) is 12.8 Å². The molecule has 0 spiro atoms. The standard InChI is InChI=1S/C24H30Cl2FN3O4S/c1-4-13-28-24(32)17(2)29(16-18-7-12-21(25)22(26)15-18)23(31)6-5-14-30(35(3,33)34)20-10-8-19(27)9-11-20/h7-12,15,17H,4-6,13-14,16H2,1-3H3,(H,28,32)/t17-/m1/s1. The third-order valence-electron chi connectivity index (χ3n) is 5.32. The van der Waals surface area contributed by atoms with Crippen molar-refractivity contribution >= 4 is 50.7 Å². The fourth-order valence-corrected chi connectivity index (χ4v) is 4.71. The van der Waals surface area contributed by atoms with Crippen molar-refractivity contribution in [2.75, 3.05) is 23.7 Å². The van der Waals surface area contributed by atoms with Crippen LogP contribution in [0.25, 0.3) is 0 Å². The number of nitrogens with zero attached hydrogens (tertiary/aromatic N) is 2. The van der Waals surface area contributed by atoms with E-state index in [-0.39, 0.29) is 37.7 Å². The fourth-order valence-electron chi connectivity index (χ4n) is 3.42. The van der Waals surface area contributed by atoms with Gasteiger partial charge in [0.2, 0.25) is 21.8 Å². The summed E-state index contributed by atoms with van der Waals surface area (Å²) in [5.74, 6) is -1.09. The molecule has 2 aromatic rings. The van der Waals surface area contributed by atoms with Crippen LogP contribution in [0.1, 0.15) is 38.7 Å². The van der Waals surface area contributed by atoms with Crippen LogP contribution in [0.3, 0.4) is 0 Å². The van der Waals surface area contributed by atoms with Crippen LogP contribution in [-0.4, -0.2) is 50.5 Å². The van der Waals surface area contributed by atoms with Crippen molar-refractivity contribution in [3.05, 3.63) is 63.9 Å². The molecule has 2 aromatic carbocycles. The summed E-state index contributed by atoms with van der Waals surface area (Å²) in [7, 11) is -3.65. The molecule has 2 amide bonds. The molecular weight excluding hydrogens is 516 g/mol. The molecule has 192 valence electrons. The lowest BCUT2D eigenvalue weighted by Gasteiger charge is -2.29. The van der Waals surface area contributed by atoms with E-state index in [2.05, 4.69) is 5.32 Å². The highest BCUT2D eigenvalue weighted by molar-refractivity contribution is 7.92. The minimum atomic E-state index is -3.65. The predicted molar refractivity (Wildman–Crippen MR) is 138 cm³/mol. The summed E-state index contributed by atoms with van der Waals surface area (Å²) in [6, 6.07) is 9.32. The van der Waals surface area contributed by atoms with Gasteiger partial charge in [-0.1, -0.05) is 36.2 Å². The number of rotatable bonds is 12. The molecule has 1 atom stereocenters. The largest absolute Gasteiger partial charge is 0.354 e. The van der Waals surface area contributed by atoms with E-state index in [1.807, 2.05) is 6.92 Å². The Bertz CT molecular complexity index is 1130. The monoisotopic (exact) mass is 545 g/mol. The number of hydrogen-bond donors (Lipinski definition) is 1. The van der Waals surface area contributed by atoms with E-state index < -0.39 is 21.9 Å². The Labute approximate surface area is 216 Å². The first-order valence-corrected chi connectivity index (χ1v) is 13.8. The first kappa shape index (κ1) is 28.9. The van der Waals surface area contributed by atoms with E-state index in [0.717, 1.165) is 17.0 Å². The van der Waals surface area contributed by atoms with Crippen molar-refractivity contribution in [3.8, 4) is 0 Å². The van der Waals surface area contributed by atoms with E-state index in [4.69, 9.17) is 23.2 Å². The molecule has 0 heterocycles. The number of carbonyl (C=O) groups excluding carboxylic acids is 2. The topological polar surface area (TPSA) is 86.8 Å². The second-order valence-electron chi connectivity index (χ2n) is 8.15. The number of amides is 2. The summed E-state index contributed by atoms with van der Waals surface area (Å²) < 4.78 is 39.0. The molecule has 0 saturated carbocycles. The lowest BCUT2D eigenvalue weighted by molar-refractivity contribution is -0.140. The molecule has 0 fully saturated rings. The molecule has 1 N–H and O–H groups in total. The van der Waals surface area contributed by atoms with Gasteiger partial charge >= 0.3 is 0 Å². The zero-order valence-corrected chi connectivity index (χ0v) is 22.3. The average molecular weight is 546 g/mol. The zero-order valence-electron chi connectivity index (χ0n) is 19.9. The fraction of sp³-hybridized carbons (Fsp3) is 0.417. The van der Waals surface area contributed by atoms with Gasteiger partial charge in [-0.05, 0) is 61.7 Å². The number of carbonyl (C=O) groups is 2. The van der Waals surface area contributed by atoms with Crippen molar-refractivity contribution in [1.82, 2.24) is 10.2 Å². The maximum atomic E-state index is 13.3. The van der Waals surface area contributed by atoms with Gasteiger partial charge in [-0.15, -0.1) is 0 Å². The van der Waals surface area contributed by atoms with E-state index in [9.17, 15) is 22.4 Å². The van der Waals surface area contributed by atoms with Gasteiger partial charge < -0.3 is 10.2 Å². The molecule has 0 bridgehead atoms. The zero-order chi connectivity index (χ0) is 26.2. The highest BCUT2D eigenvalue weighted by Crippen LogP contribution is 2.24. The van der Waals surface area contributed by atoms with Crippen molar-refractivity contribution < 1.29 is 22.4 Å². The Hall–Kier alpha value is -2.36. The molecule has 0 radical (unpaired) electrons. The second-order valence-corrected chi connectivity index (χ2v) is 10.9. The Kier molecular flexibility index (Phi) is 10.8. The minimum Gasteiger partial charge on any atom is -0.354 e. The summed E-state index contributed by atoms with van der Waals surface area (Å²) in [5, 5.41) is 3.51. The maximum Gasteiger partial charge on any atom is 0.242 e. The van der Waals surface area contributed by atoms with Crippen LogP contribution in [0, 0.1) is 5.82 Å². The summed E-state index contributed by atoms with van der Waals surface area (Å²) in [4.78, 5) is 27.3. The van der Waals surface area contributed by atoms with Gasteiger partial charge in [0, 0.05) is 26.1 Å². The van der Waals surface area contributed by atoms with E-state index in [0.29, 0.717) is 27.8 Å². The van der Waals surface area contributed by atoms with Crippen LogP contribution in [0.2, 0.25) is 10.0 Å². The molecular formula is C24H30Cl2FN3O4S. The van der Waals surface area contributed by atoms with Crippen LogP contribution in [0.5, 0.6) is 0 Å². The van der Waals surface area contributed by atoms with E-state index in [1.54, 1.807) is 25.1 Å². The number of halogens is 3. The summed E-state index contributed by atoms with van der Waals surface area (Å²) >= 11 is 12.1. The summed E-state index contributed by atoms with van der Waals surface area (Å²) in [6.45, 7) is 4.20. The predicted octanol–water partition coefficient (Wildman–Crippen LogP) is 4.62. The van der Waals surface area contributed by atoms with Crippen LogP contribution in [-0.2, 0) is 26.2 Å². The molecule has 0 aromatic heterocycles. The van der Waals surface area contributed by atoms with Crippen LogP contribution >= 0.6 is 23.2 Å². The third-order valence-corrected chi connectivity index (χ3v) is 7.25. The number of sulfonamides is 1. The van der Waals surface area contributed by atoms with Crippen molar-refractivity contribution in [3.63, 3.8) is 0 Å². The molecule has 0 aliphatic rings. The van der Waals surface area contributed by atoms with Gasteiger partial charge in [0.05, 0.1) is 22.0 Å². The molecule has 2 rings (SSSR count). The SMILES string of the molecule is CCCNC(=O)[C@@H](C)N(Cc1ccc(Cl)c(Cl)c1)C(=O)CCCN(c1ccc(F)cc1)S(C)(=O)=O. The van der Waals surface area contributed by atoms with Crippen LogP contribution < -0.4 is 9.62 Å². The van der Waals surface area contributed by atoms with E-state index in [1.165, 1.54) is 29.2 Å². The Morgan fingerprint density at radius 3 is 2.31 bits per heavy atom. The smallest absolute Gasteiger partial charge is 0.242 e. The molecule has 0 saturated heterocycles. The summed E-state index contributed by atoms with van der Waals surface area (Å²) in [6.07, 6.45) is 2.00. The van der Waals surface area contributed by atoms with Gasteiger partial charge in [0.25, 0.3) is 0 Å². The minimum absolute atomic E-state index is 0.0000651. The van der Waals surface area contributed by atoms with Gasteiger partial charge in [-0.3, -0.25) is 13.9 Å². The Morgan fingerprint density at radius 1 is 1.09 bits per heavy atom. The summed E-state index contributed by atoms with van der Waals surface area (Å²) in [5.41, 5.74) is 1.01.